The van der Waals surface area contributed by atoms with Gasteiger partial charge in [0.05, 0.1) is 25.7 Å². The van der Waals surface area contributed by atoms with E-state index in [9.17, 15) is 0 Å². The molecule has 0 bridgehead atoms. The molecule has 2 N–H and O–H groups in total. The minimum atomic E-state index is 0.0268. The smallest absolute Gasteiger partial charge is 0.122 e. The molecule has 1 heterocycles. The molecule has 1 fully saturated rings. The van der Waals surface area contributed by atoms with Crippen molar-refractivity contribution >= 4 is 0 Å². The van der Waals surface area contributed by atoms with Gasteiger partial charge in [-0.15, -0.1) is 0 Å². The molecule has 1 aromatic carbocycles. The molecular weight excluding hydrogens is 226 g/mol. The first-order chi connectivity index (χ1) is 8.57. The van der Waals surface area contributed by atoms with Crippen molar-refractivity contribution < 1.29 is 9.47 Å². The summed E-state index contributed by atoms with van der Waals surface area (Å²) in [6.45, 7) is 6.74. The van der Waals surface area contributed by atoms with Crippen LogP contribution in [0.1, 0.15) is 25.8 Å². The SMILES string of the molecule is COc1ccccc1C1(C(C)(C)CCN)COC1. The van der Waals surface area contributed by atoms with E-state index < -0.39 is 0 Å². The van der Waals surface area contributed by atoms with E-state index in [0.717, 1.165) is 25.4 Å². The van der Waals surface area contributed by atoms with Crippen molar-refractivity contribution in [3.63, 3.8) is 0 Å². The van der Waals surface area contributed by atoms with Gasteiger partial charge in [0, 0.05) is 5.56 Å². The highest BCUT2D eigenvalue weighted by molar-refractivity contribution is 5.43. The van der Waals surface area contributed by atoms with Gasteiger partial charge in [-0.1, -0.05) is 32.0 Å². The number of ether oxygens (including phenoxy) is 2. The Morgan fingerprint density at radius 1 is 1.33 bits per heavy atom. The lowest BCUT2D eigenvalue weighted by Gasteiger charge is -2.53. The van der Waals surface area contributed by atoms with Crippen LogP contribution < -0.4 is 10.5 Å². The summed E-state index contributed by atoms with van der Waals surface area (Å²) >= 11 is 0. The van der Waals surface area contributed by atoms with E-state index >= 15 is 0 Å². The molecule has 1 aromatic rings. The van der Waals surface area contributed by atoms with Crippen molar-refractivity contribution in [1.82, 2.24) is 0 Å². The average Bonchev–Trinajstić information content (AvgIpc) is 2.27. The topological polar surface area (TPSA) is 44.5 Å². The van der Waals surface area contributed by atoms with E-state index in [1.165, 1.54) is 5.56 Å². The molecule has 3 nitrogen and oxygen atoms in total. The number of hydrogen-bond donors (Lipinski definition) is 1. The van der Waals surface area contributed by atoms with Crippen molar-refractivity contribution in [1.29, 1.82) is 0 Å². The molecule has 100 valence electrons. The van der Waals surface area contributed by atoms with E-state index in [0.29, 0.717) is 6.54 Å². The summed E-state index contributed by atoms with van der Waals surface area (Å²) in [4.78, 5) is 0. The Bertz CT molecular complexity index is 411. The third-order valence-electron chi connectivity index (χ3n) is 4.38. The molecule has 1 saturated heterocycles. The Hall–Kier alpha value is -1.06. The van der Waals surface area contributed by atoms with E-state index in [2.05, 4.69) is 26.0 Å². The van der Waals surface area contributed by atoms with Gasteiger partial charge in [-0.05, 0) is 24.4 Å². The standard InChI is InChI=1S/C15H23NO2/c1-14(2,8-9-16)15(10-18-11-15)12-6-4-5-7-13(12)17-3/h4-7H,8-11,16H2,1-3H3. The summed E-state index contributed by atoms with van der Waals surface area (Å²) in [5.74, 6) is 0.950. The first-order valence-electron chi connectivity index (χ1n) is 6.49. The van der Waals surface area contributed by atoms with Crippen LogP contribution in [-0.4, -0.2) is 26.9 Å². The van der Waals surface area contributed by atoms with Gasteiger partial charge in [0.25, 0.3) is 0 Å². The molecule has 18 heavy (non-hydrogen) atoms. The van der Waals surface area contributed by atoms with Gasteiger partial charge in [-0.25, -0.2) is 0 Å². The molecule has 1 aliphatic heterocycles. The second-order valence-electron chi connectivity index (χ2n) is 5.70. The molecule has 2 rings (SSSR count). The van der Waals surface area contributed by atoms with Crippen LogP contribution in [0.5, 0.6) is 5.75 Å². The molecule has 0 unspecified atom stereocenters. The summed E-state index contributed by atoms with van der Waals surface area (Å²) in [7, 11) is 1.72. The van der Waals surface area contributed by atoms with Crippen LogP contribution in [0.25, 0.3) is 0 Å². The highest BCUT2D eigenvalue weighted by Crippen LogP contribution is 2.51. The number of rotatable bonds is 5. The predicted octanol–water partition coefficient (Wildman–Crippen LogP) is 2.34. The van der Waals surface area contributed by atoms with Crippen molar-refractivity contribution in [2.45, 2.75) is 25.7 Å². The number of hydrogen-bond acceptors (Lipinski definition) is 3. The van der Waals surface area contributed by atoms with Gasteiger partial charge in [0.2, 0.25) is 0 Å². The van der Waals surface area contributed by atoms with Gasteiger partial charge >= 0.3 is 0 Å². The maximum absolute atomic E-state index is 5.77. The summed E-state index contributed by atoms with van der Waals surface area (Å²) in [5.41, 5.74) is 7.15. The maximum Gasteiger partial charge on any atom is 0.122 e. The summed E-state index contributed by atoms with van der Waals surface area (Å²) in [6.07, 6.45) is 0.981. The summed E-state index contributed by atoms with van der Waals surface area (Å²) in [5, 5.41) is 0. The Morgan fingerprint density at radius 3 is 2.50 bits per heavy atom. The molecule has 0 aliphatic carbocycles. The van der Waals surface area contributed by atoms with Crippen LogP contribution >= 0.6 is 0 Å². The lowest BCUT2D eigenvalue weighted by Crippen LogP contribution is -2.57. The zero-order valence-corrected chi connectivity index (χ0v) is 11.5. The molecular formula is C15H23NO2. The zero-order chi connectivity index (χ0) is 13.2. The fraction of sp³-hybridized carbons (Fsp3) is 0.600. The lowest BCUT2D eigenvalue weighted by molar-refractivity contribution is -0.121. The minimum absolute atomic E-state index is 0.0268. The number of benzene rings is 1. The van der Waals surface area contributed by atoms with Gasteiger partial charge in [0.1, 0.15) is 5.75 Å². The van der Waals surface area contributed by atoms with Gasteiger partial charge in [-0.2, -0.15) is 0 Å². The van der Waals surface area contributed by atoms with Gasteiger partial charge < -0.3 is 15.2 Å². The fourth-order valence-corrected chi connectivity index (χ4v) is 2.86. The third-order valence-corrected chi connectivity index (χ3v) is 4.38. The zero-order valence-electron chi connectivity index (χ0n) is 11.5. The van der Waals surface area contributed by atoms with Crippen molar-refractivity contribution in [2.75, 3.05) is 26.9 Å². The largest absolute Gasteiger partial charge is 0.496 e. The maximum atomic E-state index is 5.77. The fourth-order valence-electron chi connectivity index (χ4n) is 2.86. The highest BCUT2D eigenvalue weighted by atomic mass is 16.5. The van der Waals surface area contributed by atoms with Crippen molar-refractivity contribution in [3.05, 3.63) is 29.8 Å². The Labute approximate surface area is 109 Å². The van der Waals surface area contributed by atoms with Gasteiger partial charge in [0.15, 0.2) is 0 Å². The number of para-hydroxylation sites is 1. The van der Waals surface area contributed by atoms with Gasteiger partial charge in [-0.3, -0.25) is 0 Å². The van der Waals surface area contributed by atoms with E-state index in [4.69, 9.17) is 15.2 Å². The Kier molecular flexibility index (Phi) is 3.64. The Morgan fingerprint density at radius 2 is 2.00 bits per heavy atom. The van der Waals surface area contributed by atoms with Crippen molar-refractivity contribution in [3.8, 4) is 5.75 Å². The van der Waals surface area contributed by atoms with Crippen LogP contribution in [0.3, 0.4) is 0 Å². The van der Waals surface area contributed by atoms with E-state index in [1.807, 2.05) is 12.1 Å². The highest BCUT2D eigenvalue weighted by Gasteiger charge is 2.52. The van der Waals surface area contributed by atoms with E-state index in [-0.39, 0.29) is 10.8 Å². The molecule has 0 spiro atoms. The first-order valence-corrected chi connectivity index (χ1v) is 6.49. The van der Waals surface area contributed by atoms with Crippen LogP contribution in [0.4, 0.5) is 0 Å². The first kappa shape index (κ1) is 13.4. The molecule has 0 atom stereocenters. The third kappa shape index (κ3) is 1.91. The summed E-state index contributed by atoms with van der Waals surface area (Å²) < 4.78 is 11.0. The molecule has 0 aromatic heterocycles. The predicted molar refractivity (Wildman–Crippen MR) is 72.9 cm³/mol. The molecule has 0 saturated carbocycles. The molecule has 1 aliphatic rings. The Balaban J connectivity index is 2.44. The quantitative estimate of drug-likeness (QED) is 0.871. The summed E-state index contributed by atoms with van der Waals surface area (Å²) in [6, 6.07) is 8.25. The monoisotopic (exact) mass is 249 g/mol. The van der Waals surface area contributed by atoms with Crippen LogP contribution in [0, 0.1) is 5.41 Å². The second kappa shape index (κ2) is 4.90. The normalized spacial score (nSPS) is 18.2. The van der Waals surface area contributed by atoms with E-state index in [1.54, 1.807) is 7.11 Å². The molecule has 0 amide bonds. The number of nitrogens with two attached hydrogens (primary N) is 1. The number of methoxy groups -OCH3 is 1. The minimum Gasteiger partial charge on any atom is -0.496 e. The second-order valence-corrected chi connectivity index (χ2v) is 5.70. The van der Waals surface area contributed by atoms with Crippen LogP contribution in [0.15, 0.2) is 24.3 Å². The van der Waals surface area contributed by atoms with Crippen molar-refractivity contribution in [2.24, 2.45) is 11.1 Å². The average molecular weight is 249 g/mol. The lowest BCUT2D eigenvalue weighted by atomic mass is 9.59. The van der Waals surface area contributed by atoms with Crippen LogP contribution in [-0.2, 0) is 10.2 Å². The molecule has 0 radical (unpaired) electrons. The molecule has 3 heteroatoms. The van der Waals surface area contributed by atoms with Crippen LogP contribution in [0.2, 0.25) is 0 Å².